The van der Waals surface area contributed by atoms with Crippen LogP contribution in [0.15, 0.2) is 39.7 Å². The zero-order chi connectivity index (χ0) is 21.8. The van der Waals surface area contributed by atoms with Crippen LogP contribution < -0.4 is 21.5 Å². The van der Waals surface area contributed by atoms with Crippen molar-refractivity contribution in [2.75, 3.05) is 6.54 Å². The summed E-state index contributed by atoms with van der Waals surface area (Å²) in [5.41, 5.74) is 1.16. The number of nitrogens with zero attached hydrogens (tertiary/aromatic N) is 2. The quantitative estimate of drug-likeness (QED) is 0.592. The summed E-state index contributed by atoms with van der Waals surface area (Å²) < 4.78 is 1.74. The van der Waals surface area contributed by atoms with Crippen molar-refractivity contribution in [2.45, 2.75) is 46.1 Å². The highest BCUT2D eigenvalue weighted by atomic mass is 32.1. The monoisotopic (exact) mass is 426 g/mol. The van der Waals surface area contributed by atoms with Gasteiger partial charge in [0.2, 0.25) is 11.8 Å². The lowest BCUT2D eigenvalue weighted by Crippen LogP contribution is -2.26. The number of fused-ring (bicyclic) bond motifs is 1. The summed E-state index contributed by atoms with van der Waals surface area (Å²) in [6, 6.07) is 7.62. The number of benzene rings is 1. The molecule has 0 unspecified atom stereocenters. The standard InChI is InChI=1S/C22H26N4O3S/c1-4-13(3)26-21(29)16(20(28)25-22(26)30)12-18-15(10-11-23-19(27)5-2)14-8-6-7-9-17(14)24-18/h6-9,12-13,29H,4-5,10-11H2,1-3H3,(H,23,27)(H,25,28,30)/b18-12-/t13-/m0/s1. The van der Waals surface area contributed by atoms with Gasteiger partial charge in [0.15, 0.2) is 4.77 Å². The van der Waals surface area contributed by atoms with Gasteiger partial charge in [-0.05, 0) is 49.7 Å². The molecular weight excluding hydrogens is 400 g/mol. The maximum absolute atomic E-state index is 12.6. The predicted molar refractivity (Wildman–Crippen MR) is 119 cm³/mol. The van der Waals surface area contributed by atoms with Crippen LogP contribution in [0.4, 0.5) is 0 Å². The Labute approximate surface area is 179 Å². The van der Waals surface area contributed by atoms with Gasteiger partial charge in [-0.2, -0.15) is 0 Å². The molecule has 2 heterocycles. The molecule has 1 aromatic heterocycles. The van der Waals surface area contributed by atoms with Crippen LogP contribution in [0.25, 0.3) is 11.6 Å². The van der Waals surface area contributed by atoms with E-state index in [9.17, 15) is 14.7 Å². The lowest BCUT2D eigenvalue weighted by Gasteiger charge is -2.17. The Bertz CT molecular complexity index is 1240. The first-order valence-corrected chi connectivity index (χ1v) is 10.5. The summed E-state index contributed by atoms with van der Waals surface area (Å²) >= 11 is 5.24. The van der Waals surface area contributed by atoms with E-state index < -0.39 is 5.56 Å². The first-order valence-electron chi connectivity index (χ1n) is 10.1. The van der Waals surface area contributed by atoms with Crippen LogP contribution in [0.1, 0.15) is 51.6 Å². The summed E-state index contributed by atoms with van der Waals surface area (Å²) in [6.45, 7) is 6.17. The molecule has 0 fully saturated rings. The molecule has 8 heteroatoms. The summed E-state index contributed by atoms with van der Waals surface area (Å²) in [5, 5.41) is 15.4. The molecule has 30 heavy (non-hydrogen) atoms. The number of nitrogens with one attached hydrogen (secondary N) is 2. The molecule has 1 aliphatic rings. The van der Waals surface area contributed by atoms with Crippen molar-refractivity contribution in [3.05, 3.63) is 61.2 Å². The Morgan fingerprint density at radius 3 is 2.80 bits per heavy atom. The number of hydrogen-bond donors (Lipinski definition) is 3. The van der Waals surface area contributed by atoms with E-state index in [0.717, 1.165) is 22.6 Å². The maximum atomic E-state index is 12.6. The molecule has 3 rings (SSSR count). The lowest BCUT2D eigenvalue weighted by molar-refractivity contribution is -0.120. The van der Waals surface area contributed by atoms with Crippen LogP contribution >= 0.6 is 12.2 Å². The van der Waals surface area contributed by atoms with Gasteiger partial charge < -0.3 is 10.4 Å². The van der Waals surface area contributed by atoms with Crippen LogP contribution in [0.2, 0.25) is 0 Å². The Morgan fingerprint density at radius 2 is 2.10 bits per heavy atom. The minimum Gasteiger partial charge on any atom is -0.494 e. The van der Waals surface area contributed by atoms with Gasteiger partial charge in [-0.25, -0.2) is 4.99 Å². The van der Waals surface area contributed by atoms with Gasteiger partial charge in [0.25, 0.3) is 5.56 Å². The molecule has 0 radical (unpaired) electrons. The third-order valence-corrected chi connectivity index (χ3v) is 5.56. The van der Waals surface area contributed by atoms with Crippen molar-refractivity contribution in [1.82, 2.24) is 14.9 Å². The van der Waals surface area contributed by atoms with Crippen LogP contribution in [-0.4, -0.2) is 27.1 Å². The van der Waals surface area contributed by atoms with Gasteiger partial charge in [0.05, 0.1) is 11.1 Å². The van der Waals surface area contributed by atoms with E-state index in [1.807, 2.05) is 38.1 Å². The van der Waals surface area contributed by atoms with Gasteiger partial charge in [0, 0.05) is 24.2 Å². The van der Waals surface area contributed by atoms with Crippen molar-refractivity contribution in [1.29, 1.82) is 0 Å². The van der Waals surface area contributed by atoms with Crippen LogP contribution in [0.3, 0.4) is 0 Å². The third-order valence-electron chi connectivity index (χ3n) is 5.26. The first kappa shape index (κ1) is 21.7. The fraction of sp³-hybridized carbons (Fsp3) is 0.364. The lowest BCUT2D eigenvalue weighted by atomic mass is 10.1. The first-order chi connectivity index (χ1) is 14.4. The van der Waals surface area contributed by atoms with E-state index in [-0.39, 0.29) is 28.2 Å². The molecule has 3 N–H and O–H groups in total. The van der Waals surface area contributed by atoms with Crippen molar-refractivity contribution < 1.29 is 9.90 Å². The molecule has 0 bridgehead atoms. The largest absolute Gasteiger partial charge is 0.494 e. The number of H-pyrrole nitrogens is 1. The van der Waals surface area contributed by atoms with E-state index in [1.165, 1.54) is 0 Å². The summed E-state index contributed by atoms with van der Waals surface area (Å²) in [7, 11) is 0. The number of aromatic hydroxyl groups is 1. The molecule has 0 spiro atoms. The maximum Gasteiger partial charge on any atom is 0.262 e. The third kappa shape index (κ3) is 4.28. The van der Waals surface area contributed by atoms with Gasteiger partial charge in [-0.15, -0.1) is 0 Å². The number of amides is 1. The zero-order valence-corrected chi connectivity index (χ0v) is 18.2. The van der Waals surface area contributed by atoms with Crippen molar-refractivity contribution >= 4 is 29.8 Å². The van der Waals surface area contributed by atoms with Gasteiger partial charge in [-0.3, -0.25) is 19.1 Å². The number of aromatic nitrogens is 2. The molecule has 7 nitrogen and oxygen atoms in total. The number of rotatable bonds is 7. The molecular formula is C22H26N4O3S. The smallest absolute Gasteiger partial charge is 0.262 e. The summed E-state index contributed by atoms with van der Waals surface area (Å²) in [4.78, 5) is 31.5. The number of para-hydroxylation sites is 1. The number of carbonyl (C=O) groups excluding carboxylic acids is 1. The number of hydrogen-bond acceptors (Lipinski definition) is 5. The Hall–Kier alpha value is -3.00. The average Bonchev–Trinajstić information content (AvgIpc) is 3.07. The van der Waals surface area contributed by atoms with Crippen LogP contribution in [0.5, 0.6) is 5.88 Å². The topological polar surface area (TPSA) is 99.5 Å². The summed E-state index contributed by atoms with van der Waals surface area (Å²) in [5.74, 6) is -0.190. The van der Waals surface area contributed by atoms with Crippen LogP contribution in [0, 0.1) is 4.77 Å². The SMILES string of the molecule is CCC(=O)NCCC1=c2ccccc2=N/C1=C\c1c(O)n([C@@H](C)CC)c(=S)[nH]c1=O. The van der Waals surface area contributed by atoms with Crippen molar-refractivity contribution in [3.63, 3.8) is 0 Å². The van der Waals surface area contributed by atoms with Crippen LogP contribution in [-0.2, 0) is 4.79 Å². The molecule has 1 aliphatic heterocycles. The van der Waals surface area contributed by atoms with Gasteiger partial charge >= 0.3 is 0 Å². The number of allylic oxidation sites excluding steroid dienone is 1. The van der Waals surface area contributed by atoms with Crippen molar-refractivity contribution in [3.8, 4) is 5.88 Å². The molecule has 1 aromatic carbocycles. The van der Waals surface area contributed by atoms with E-state index in [1.54, 1.807) is 17.6 Å². The van der Waals surface area contributed by atoms with Gasteiger partial charge in [0.1, 0.15) is 5.56 Å². The molecule has 1 amide bonds. The normalized spacial score (nSPS) is 15.0. The molecule has 2 aromatic rings. The number of carbonyl (C=O) groups is 1. The van der Waals surface area contributed by atoms with E-state index >= 15 is 0 Å². The Kier molecular flexibility index (Phi) is 6.66. The molecule has 1 atom stereocenters. The second kappa shape index (κ2) is 9.21. The number of aromatic amines is 1. The second-order valence-corrected chi connectivity index (χ2v) is 7.60. The predicted octanol–water partition coefficient (Wildman–Crippen LogP) is 2.32. The average molecular weight is 427 g/mol. The zero-order valence-electron chi connectivity index (χ0n) is 17.4. The Balaban J connectivity index is 2.11. The minimum atomic E-state index is -0.464. The van der Waals surface area contributed by atoms with Gasteiger partial charge in [-0.1, -0.05) is 32.0 Å². The fourth-order valence-corrected chi connectivity index (χ4v) is 3.77. The highest BCUT2D eigenvalue weighted by Gasteiger charge is 2.18. The van der Waals surface area contributed by atoms with E-state index in [4.69, 9.17) is 12.2 Å². The minimum absolute atomic E-state index is 0.0194. The molecule has 158 valence electrons. The Morgan fingerprint density at radius 1 is 1.37 bits per heavy atom. The molecule has 0 saturated heterocycles. The molecule has 0 saturated carbocycles. The van der Waals surface area contributed by atoms with Crippen molar-refractivity contribution in [2.24, 2.45) is 4.99 Å². The van der Waals surface area contributed by atoms with E-state index in [0.29, 0.717) is 25.1 Å². The fourth-order valence-electron chi connectivity index (χ4n) is 3.41. The van der Waals surface area contributed by atoms with E-state index in [2.05, 4.69) is 15.3 Å². The summed E-state index contributed by atoms with van der Waals surface area (Å²) in [6.07, 6.45) is 3.32. The highest BCUT2D eigenvalue weighted by Crippen LogP contribution is 2.26. The second-order valence-electron chi connectivity index (χ2n) is 7.21. The molecule has 0 aliphatic carbocycles. The highest BCUT2D eigenvalue weighted by molar-refractivity contribution is 7.71.